The van der Waals surface area contributed by atoms with Gasteiger partial charge in [0.25, 0.3) is 10.0 Å². The third kappa shape index (κ3) is 5.49. The predicted octanol–water partition coefficient (Wildman–Crippen LogP) is 5.81. The van der Waals surface area contributed by atoms with Crippen molar-refractivity contribution in [2.45, 2.75) is 36.3 Å². The first-order valence-electron chi connectivity index (χ1n) is 11.1. The van der Waals surface area contributed by atoms with Crippen LogP contribution in [0.15, 0.2) is 80.7 Å². The minimum absolute atomic E-state index is 0.247. The second-order valence-electron chi connectivity index (χ2n) is 7.90. The number of anilines is 1. The molecule has 4 aromatic rings. The van der Waals surface area contributed by atoms with Gasteiger partial charge in [0.05, 0.1) is 5.69 Å². The van der Waals surface area contributed by atoms with Gasteiger partial charge in [-0.25, -0.2) is 13.9 Å². The minimum atomic E-state index is -3.69. The Balaban J connectivity index is 1.50. The molecule has 178 valence electrons. The van der Waals surface area contributed by atoms with Gasteiger partial charge in [-0.2, -0.15) is 0 Å². The monoisotopic (exact) mass is 498 g/mol. The Morgan fingerprint density at radius 2 is 1.74 bits per heavy atom. The summed E-state index contributed by atoms with van der Waals surface area (Å²) in [5, 5.41) is 11.3. The Morgan fingerprint density at radius 3 is 2.44 bits per heavy atom. The number of hydrogen-bond donors (Lipinski definition) is 2. The lowest BCUT2D eigenvalue weighted by Crippen LogP contribution is -2.31. The van der Waals surface area contributed by atoms with E-state index in [0.29, 0.717) is 29.3 Å². The van der Waals surface area contributed by atoms with Crippen LogP contribution < -0.4 is 9.79 Å². The van der Waals surface area contributed by atoms with Crippen molar-refractivity contribution < 1.29 is 22.8 Å². The van der Waals surface area contributed by atoms with E-state index in [-0.39, 0.29) is 6.42 Å². The number of para-hydroxylation sites is 1. The van der Waals surface area contributed by atoms with E-state index >= 15 is 0 Å². The van der Waals surface area contributed by atoms with Gasteiger partial charge in [0, 0.05) is 23.9 Å². The van der Waals surface area contributed by atoms with Crippen molar-refractivity contribution in [1.82, 2.24) is 5.48 Å². The second-order valence-corrected chi connectivity index (χ2v) is 10.9. The fourth-order valence-corrected chi connectivity index (χ4v) is 6.38. The summed E-state index contributed by atoms with van der Waals surface area (Å²) < 4.78 is 34.4. The third-order valence-corrected chi connectivity index (χ3v) is 8.74. The highest BCUT2D eigenvalue weighted by molar-refractivity contribution is 7.94. The lowest BCUT2D eigenvalue weighted by Gasteiger charge is -2.24. The first-order chi connectivity index (χ1) is 16.5. The van der Waals surface area contributed by atoms with E-state index in [9.17, 15) is 13.2 Å². The van der Waals surface area contributed by atoms with Gasteiger partial charge in [-0.3, -0.25) is 14.3 Å². The molecule has 34 heavy (non-hydrogen) atoms. The molecule has 2 heterocycles. The number of benzene rings is 2. The fraction of sp³-hybridized carbons (Fsp3) is 0.240. The van der Waals surface area contributed by atoms with Crippen LogP contribution in [0.2, 0.25) is 0 Å². The van der Waals surface area contributed by atoms with Crippen molar-refractivity contribution in [2.75, 3.05) is 10.8 Å². The van der Waals surface area contributed by atoms with Crippen LogP contribution in [0.3, 0.4) is 0 Å². The highest BCUT2D eigenvalue weighted by Gasteiger charge is 2.25. The summed E-state index contributed by atoms with van der Waals surface area (Å²) in [6.45, 7) is 0.330. The van der Waals surface area contributed by atoms with Crippen LogP contribution in [-0.2, 0) is 14.8 Å². The summed E-state index contributed by atoms with van der Waals surface area (Å²) in [5.74, 6) is 0.318. The number of sulfonamides is 1. The molecular weight excluding hydrogens is 472 g/mol. The number of hydroxylamine groups is 1. The van der Waals surface area contributed by atoms with Crippen molar-refractivity contribution in [2.24, 2.45) is 0 Å². The maximum Gasteiger partial charge on any atom is 0.273 e. The van der Waals surface area contributed by atoms with Gasteiger partial charge in [-0.15, -0.1) is 11.3 Å². The molecule has 0 saturated heterocycles. The maximum atomic E-state index is 13.4. The summed E-state index contributed by atoms with van der Waals surface area (Å²) in [7, 11) is -3.69. The van der Waals surface area contributed by atoms with Gasteiger partial charge in [-0.05, 0) is 60.7 Å². The molecule has 2 aromatic heterocycles. The topological polar surface area (TPSA) is 99.9 Å². The Kier molecular flexibility index (Phi) is 7.66. The number of carbonyl (C=O) groups is 1. The zero-order valence-corrected chi connectivity index (χ0v) is 20.1. The highest BCUT2D eigenvalue weighted by Crippen LogP contribution is 2.31. The van der Waals surface area contributed by atoms with E-state index in [0.717, 1.165) is 35.1 Å². The fourth-order valence-electron chi connectivity index (χ4n) is 3.77. The number of rotatable bonds is 11. The van der Waals surface area contributed by atoms with Crippen LogP contribution >= 0.6 is 11.3 Å². The highest BCUT2D eigenvalue weighted by atomic mass is 32.2. The molecule has 0 atom stereocenters. The van der Waals surface area contributed by atoms with Gasteiger partial charge in [-0.1, -0.05) is 37.1 Å². The normalized spacial score (nSPS) is 11.6. The second kappa shape index (κ2) is 10.9. The summed E-state index contributed by atoms with van der Waals surface area (Å²) in [5.41, 5.74) is 3.89. The van der Waals surface area contributed by atoms with E-state index in [1.807, 2.05) is 42.5 Å². The Labute approximate surface area is 202 Å². The Morgan fingerprint density at radius 1 is 0.971 bits per heavy atom. The van der Waals surface area contributed by atoms with E-state index in [4.69, 9.17) is 9.62 Å². The molecule has 2 N–H and O–H groups in total. The number of thiophene rings is 1. The van der Waals surface area contributed by atoms with Crippen LogP contribution in [0.5, 0.6) is 0 Å². The summed E-state index contributed by atoms with van der Waals surface area (Å²) in [4.78, 5) is 11.1. The third-order valence-electron chi connectivity index (χ3n) is 5.54. The largest absolute Gasteiger partial charge is 0.456 e. The number of hydrogen-bond acceptors (Lipinski definition) is 6. The molecule has 4 rings (SSSR count). The average molecular weight is 499 g/mol. The van der Waals surface area contributed by atoms with Crippen LogP contribution in [0.1, 0.15) is 32.1 Å². The molecule has 7 nitrogen and oxygen atoms in total. The van der Waals surface area contributed by atoms with Gasteiger partial charge in [0.1, 0.15) is 15.6 Å². The molecule has 2 aromatic carbocycles. The van der Waals surface area contributed by atoms with Gasteiger partial charge in [0.15, 0.2) is 0 Å². The van der Waals surface area contributed by atoms with Gasteiger partial charge >= 0.3 is 0 Å². The SMILES string of the molecule is O=C(CCCCCCN(c1ccc(-c2cc3ccccc3o2)cc1)S(=O)(=O)c1cccs1)NO. The van der Waals surface area contributed by atoms with E-state index in [1.54, 1.807) is 35.1 Å². The first-order valence-corrected chi connectivity index (χ1v) is 13.4. The molecule has 0 aliphatic heterocycles. The van der Waals surface area contributed by atoms with Gasteiger partial charge in [0.2, 0.25) is 5.91 Å². The lowest BCUT2D eigenvalue weighted by molar-refractivity contribution is -0.129. The summed E-state index contributed by atoms with van der Waals surface area (Å²) in [6.07, 6.45) is 3.07. The number of fused-ring (bicyclic) bond motifs is 1. The van der Waals surface area contributed by atoms with E-state index < -0.39 is 15.9 Å². The van der Waals surface area contributed by atoms with Crippen molar-refractivity contribution >= 4 is 43.9 Å². The van der Waals surface area contributed by atoms with E-state index in [1.165, 1.54) is 15.6 Å². The zero-order valence-electron chi connectivity index (χ0n) is 18.5. The lowest BCUT2D eigenvalue weighted by atomic mass is 10.1. The van der Waals surface area contributed by atoms with Crippen molar-refractivity contribution in [3.8, 4) is 11.3 Å². The molecule has 0 spiro atoms. The summed E-state index contributed by atoms with van der Waals surface area (Å²) >= 11 is 1.20. The van der Waals surface area contributed by atoms with Gasteiger partial charge < -0.3 is 4.42 Å². The molecule has 0 fully saturated rings. The number of nitrogens with one attached hydrogen (secondary N) is 1. The molecule has 0 unspecified atom stereocenters. The quantitative estimate of drug-likeness (QED) is 0.154. The van der Waals surface area contributed by atoms with Crippen LogP contribution in [-0.4, -0.2) is 26.1 Å². The minimum Gasteiger partial charge on any atom is -0.456 e. The van der Waals surface area contributed by atoms with Crippen molar-refractivity contribution in [3.05, 3.63) is 72.1 Å². The molecule has 0 aliphatic rings. The molecule has 0 bridgehead atoms. The summed E-state index contributed by atoms with van der Waals surface area (Å²) in [6, 6.07) is 20.5. The van der Waals surface area contributed by atoms with Crippen LogP contribution in [0.25, 0.3) is 22.3 Å². The predicted molar refractivity (Wildman–Crippen MR) is 134 cm³/mol. The molecular formula is C25H26N2O5S2. The Bertz CT molecular complexity index is 1300. The molecule has 0 aliphatic carbocycles. The molecule has 0 saturated carbocycles. The molecule has 9 heteroatoms. The number of carbonyl (C=O) groups excluding carboxylic acids is 1. The van der Waals surface area contributed by atoms with Crippen molar-refractivity contribution in [1.29, 1.82) is 0 Å². The standard InChI is InChI=1S/C25H26N2O5S2/c28-24(26-29)10-3-1-2-6-16-27(34(30,31)25-11-7-17-33-25)21-14-12-19(13-15-21)23-18-20-8-4-5-9-22(20)32-23/h4-5,7-9,11-15,17-18,29H,1-3,6,10,16H2,(H,26,28). The van der Waals surface area contributed by atoms with Crippen LogP contribution in [0, 0.1) is 0 Å². The number of unbranched alkanes of at least 4 members (excludes halogenated alkanes) is 3. The number of nitrogens with zero attached hydrogens (tertiary/aromatic N) is 1. The van der Waals surface area contributed by atoms with Crippen molar-refractivity contribution in [3.63, 3.8) is 0 Å². The smallest absolute Gasteiger partial charge is 0.273 e. The zero-order chi connectivity index (χ0) is 24.0. The first kappa shape index (κ1) is 24.0. The number of amides is 1. The Hall–Kier alpha value is -3.14. The maximum absolute atomic E-state index is 13.4. The average Bonchev–Trinajstić information content (AvgIpc) is 3.54. The van der Waals surface area contributed by atoms with E-state index in [2.05, 4.69) is 0 Å². The number of furan rings is 1. The molecule has 0 radical (unpaired) electrons. The van der Waals surface area contributed by atoms with Crippen LogP contribution in [0.4, 0.5) is 5.69 Å². The molecule has 1 amide bonds.